The molecule has 0 rings (SSSR count). The van der Waals surface area contributed by atoms with E-state index in [-0.39, 0.29) is 11.9 Å². The number of carbonyl (C=O) groups excluding carboxylic acids is 1. The summed E-state index contributed by atoms with van der Waals surface area (Å²) in [7, 11) is 1.36. The Morgan fingerprint density at radius 3 is 2.50 bits per heavy atom. The lowest BCUT2D eigenvalue weighted by Crippen LogP contribution is -2.27. The molecule has 0 fully saturated rings. The molecule has 1 unspecified atom stereocenters. The van der Waals surface area contributed by atoms with Gasteiger partial charge in [-0.25, -0.2) is 0 Å². The van der Waals surface area contributed by atoms with Crippen molar-refractivity contribution in [3.05, 3.63) is 0 Å². The van der Waals surface area contributed by atoms with Gasteiger partial charge in [0.25, 0.3) is 0 Å². The lowest BCUT2D eigenvalue weighted by Gasteiger charge is -2.21. The number of hydrogen-bond donors (Lipinski definition) is 0. The Morgan fingerprint density at radius 1 is 1.67 bits per heavy atom. The van der Waals surface area contributed by atoms with E-state index < -0.39 is 5.41 Å². The van der Waals surface area contributed by atoms with Crippen LogP contribution in [0.1, 0.15) is 27.2 Å². The van der Waals surface area contributed by atoms with Gasteiger partial charge in [-0.1, -0.05) is 0 Å². The molecule has 0 aliphatic heterocycles. The highest BCUT2D eigenvalue weighted by atomic mass is 16.5. The topological polar surface area (TPSA) is 50.1 Å². The highest BCUT2D eigenvalue weighted by Gasteiger charge is 2.30. The standard InChI is InChI=1S/C9H15NO2/c1-7(6-10)5-9(2,3)8(11)12-4/h7H,5H2,1-4H3. The predicted octanol–water partition coefficient (Wildman–Crippen LogP) is 1.74. The van der Waals surface area contributed by atoms with Crippen molar-refractivity contribution in [1.82, 2.24) is 0 Å². The lowest BCUT2D eigenvalue weighted by atomic mass is 9.84. The number of nitriles is 1. The summed E-state index contributed by atoms with van der Waals surface area (Å²) in [5.41, 5.74) is -0.552. The van der Waals surface area contributed by atoms with Crippen LogP contribution in [-0.4, -0.2) is 13.1 Å². The fraction of sp³-hybridized carbons (Fsp3) is 0.778. The Labute approximate surface area is 73.3 Å². The number of hydrogen-bond acceptors (Lipinski definition) is 3. The van der Waals surface area contributed by atoms with Crippen molar-refractivity contribution in [3.8, 4) is 6.07 Å². The van der Waals surface area contributed by atoms with E-state index in [9.17, 15) is 4.79 Å². The van der Waals surface area contributed by atoms with Crippen LogP contribution in [0.5, 0.6) is 0 Å². The molecular formula is C9H15NO2. The minimum atomic E-state index is -0.552. The Hall–Kier alpha value is -1.04. The lowest BCUT2D eigenvalue weighted by molar-refractivity contribution is -0.151. The summed E-state index contributed by atoms with van der Waals surface area (Å²) >= 11 is 0. The van der Waals surface area contributed by atoms with Crippen LogP contribution in [0, 0.1) is 22.7 Å². The molecule has 0 aromatic rings. The average Bonchev–Trinajstić information content (AvgIpc) is 2.02. The molecule has 0 saturated carbocycles. The van der Waals surface area contributed by atoms with Crippen LogP contribution in [0.15, 0.2) is 0 Å². The molecule has 3 heteroatoms. The summed E-state index contributed by atoms with van der Waals surface area (Å²) in [5, 5.41) is 8.55. The second-order valence-corrected chi connectivity index (χ2v) is 3.61. The predicted molar refractivity (Wildman–Crippen MR) is 45.2 cm³/mol. The number of rotatable bonds is 3. The average molecular weight is 169 g/mol. The molecule has 0 N–H and O–H groups in total. The summed E-state index contributed by atoms with van der Waals surface area (Å²) in [6, 6.07) is 2.09. The Balaban J connectivity index is 4.24. The summed E-state index contributed by atoms with van der Waals surface area (Å²) in [6.45, 7) is 5.37. The molecule has 0 saturated heterocycles. The Morgan fingerprint density at radius 2 is 2.17 bits per heavy atom. The van der Waals surface area contributed by atoms with Crippen LogP contribution in [0.3, 0.4) is 0 Å². The van der Waals surface area contributed by atoms with Crippen molar-refractivity contribution in [2.75, 3.05) is 7.11 Å². The van der Waals surface area contributed by atoms with E-state index in [1.54, 1.807) is 20.8 Å². The zero-order valence-corrected chi connectivity index (χ0v) is 8.05. The Kier molecular flexibility index (Phi) is 3.75. The number of esters is 1. The van der Waals surface area contributed by atoms with E-state index in [1.807, 2.05) is 0 Å². The van der Waals surface area contributed by atoms with Crippen LogP contribution >= 0.6 is 0 Å². The Bertz CT molecular complexity index is 203. The molecular weight excluding hydrogens is 154 g/mol. The number of ether oxygens (including phenoxy) is 1. The molecule has 0 heterocycles. The first kappa shape index (κ1) is 11.0. The van der Waals surface area contributed by atoms with E-state index in [0.717, 1.165) is 0 Å². The van der Waals surface area contributed by atoms with Crippen molar-refractivity contribution >= 4 is 5.97 Å². The van der Waals surface area contributed by atoms with E-state index >= 15 is 0 Å². The third-order valence-corrected chi connectivity index (χ3v) is 1.77. The molecule has 0 amide bonds. The van der Waals surface area contributed by atoms with Crippen LogP contribution in [0.2, 0.25) is 0 Å². The smallest absolute Gasteiger partial charge is 0.311 e. The minimum absolute atomic E-state index is 0.112. The van der Waals surface area contributed by atoms with Gasteiger partial charge in [0.15, 0.2) is 0 Å². The molecule has 3 nitrogen and oxygen atoms in total. The summed E-state index contributed by atoms with van der Waals surface area (Å²) in [5.74, 6) is -0.372. The van der Waals surface area contributed by atoms with Gasteiger partial charge in [0.1, 0.15) is 0 Å². The van der Waals surface area contributed by atoms with Crippen LogP contribution in [0.25, 0.3) is 0 Å². The molecule has 12 heavy (non-hydrogen) atoms. The van der Waals surface area contributed by atoms with Crippen LogP contribution < -0.4 is 0 Å². The normalized spacial score (nSPS) is 13.2. The molecule has 68 valence electrons. The number of carbonyl (C=O) groups is 1. The van der Waals surface area contributed by atoms with Crippen molar-refractivity contribution in [1.29, 1.82) is 5.26 Å². The highest BCUT2D eigenvalue weighted by Crippen LogP contribution is 2.26. The first-order chi connectivity index (χ1) is 5.44. The third kappa shape index (κ3) is 2.91. The zero-order valence-electron chi connectivity index (χ0n) is 8.05. The monoisotopic (exact) mass is 169 g/mol. The van der Waals surface area contributed by atoms with Gasteiger partial charge >= 0.3 is 5.97 Å². The van der Waals surface area contributed by atoms with Crippen LogP contribution in [-0.2, 0) is 9.53 Å². The van der Waals surface area contributed by atoms with Gasteiger partial charge in [0.05, 0.1) is 18.6 Å². The largest absolute Gasteiger partial charge is 0.469 e. The fourth-order valence-corrected chi connectivity index (χ4v) is 1.17. The first-order valence-corrected chi connectivity index (χ1v) is 3.92. The van der Waals surface area contributed by atoms with E-state index in [2.05, 4.69) is 10.8 Å². The van der Waals surface area contributed by atoms with Crippen molar-refractivity contribution in [3.63, 3.8) is 0 Å². The third-order valence-electron chi connectivity index (χ3n) is 1.77. The van der Waals surface area contributed by atoms with Crippen molar-refractivity contribution in [2.45, 2.75) is 27.2 Å². The zero-order chi connectivity index (χ0) is 9.78. The molecule has 0 bridgehead atoms. The molecule has 0 aliphatic carbocycles. The fourth-order valence-electron chi connectivity index (χ4n) is 1.17. The van der Waals surface area contributed by atoms with E-state index in [1.165, 1.54) is 7.11 Å². The number of methoxy groups -OCH3 is 1. The molecule has 1 atom stereocenters. The first-order valence-electron chi connectivity index (χ1n) is 3.92. The van der Waals surface area contributed by atoms with E-state index in [0.29, 0.717) is 6.42 Å². The summed E-state index contributed by atoms with van der Waals surface area (Å²) < 4.78 is 4.61. The van der Waals surface area contributed by atoms with Crippen molar-refractivity contribution in [2.24, 2.45) is 11.3 Å². The second-order valence-electron chi connectivity index (χ2n) is 3.61. The van der Waals surface area contributed by atoms with E-state index in [4.69, 9.17) is 5.26 Å². The molecule has 0 radical (unpaired) electrons. The van der Waals surface area contributed by atoms with Gasteiger partial charge in [-0.15, -0.1) is 0 Å². The maximum atomic E-state index is 11.2. The summed E-state index contributed by atoms with van der Waals surface area (Å²) in [6.07, 6.45) is 0.538. The van der Waals surface area contributed by atoms with Gasteiger partial charge in [0.2, 0.25) is 0 Å². The molecule has 0 spiro atoms. The SMILES string of the molecule is COC(=O)C(C)(C)CC(C)C#N. The molecule has 0 aromatic heterocycles. The van der Waals surface area contributed by atoms with Gasteiger partial charge in [-0.05, 0) is 27.2 Å². The summed E-state index contributed by atoms with van der Waals surface area (Å²) in [4.78, 5) is 11.2. The van der Waals surface area contributed by atoms with Gasteiger partial charge in [0, 0.05) is 5.92 Å². The van der Waals surface area contributed by atoms with Crippen molar-refractivity contribution < 1.29 is 9.53 Å². The van der Waals surface area contributed by atoms with Gasteiger partial charge in [-0.3, -0.25) is 4.79 Å². The number of nitrogens with zero attached hydrogens (tertiary/aromatic N) is 1. The second kappa shape index (κ2) is 4.10. The van der Waals surface area contributed by atoms with Crippen LogP contribution in [0.4, 0.5) is 0 Å². The minimum Gasteiger partial charge on any atom is -0.469 e. The maximum absolute atomic E-state index is 11.2. The van der Waals surface area contributed by atoms with Gasteiger partial charge < -0.3 is 4.74 Å². The maximum Gasteiger partial charge on any atom is 0.311 e. The van der Waals surface area contributed by atoms with Gasteiger partial charge in [-0.2, -0.15) is 5.26 Å². The quantitative estimate of drug-likeness (QED) is 0.604. The molecule has 0 aliphatic rings. The molecule has 0 aromatic carbocycles. The highest BCUT2D eigenvalue weighted by molar-refractivity contribution is 5.75.